The number of nitrogens with zero attached hydrogens (tertiary/aromatic N) is 4. The summed E-state index contributed by atoms with van der Waals surface area (Å²) >= 11 is 0. The third-order valence-electron chi connectivity index (χ3n) is 11.8. The van der Waals surface area contributed by atoms with E-state index < -0.39 is 214 Å². The zero-order valence-corrected chi connectivity index (χ0v) is 42.1. The van der Waals surface area contributed by atoms with E-state index in [0.29, 0.717) is 0 Å². The van der Waals surface area contributed by atoms with Crippen molar-refractivity contribution in [3.63, 3.8) is 0 Å². The molecule has 0 heterocycles. The largest absolute Gasteiger partial charge is 0.507 e. The molecular weight excluding hydrogens is 1030 g/mol. The standard InChI is InChI=1S/C44H60N4O20S4/c49-9-1-45(2-10-50)69(61,62)37-21-29-17-31-23-38(70(63,64)46(3-11-51)4-12-52)25-33(42(31)58)19-35-27-40(72(67,68)48(7-15-55)8-16-56)28-36(44(35)60)20-34-26-39(71(65,66)47(5-13-53)6-14-54)24-32(43(34)59)18-30(22-37)41(29)57/h21-28,49-60H,1-20H2. The van der Waals surface area contributed by atoms with Gasteiger partial charge in [0.1, 0.15) is 23.0 Å². The number of aliphatic hydroxyl groups excluding tert-OH is 8. The first-order valence-corrected chi connectivity index (χ1v) is 28.0. The summed E-state index contributed by atoms with van der Waals surface area (Å²) in [4.78, 5) is -2.34. The highest BCUT2D eigenvalue weighted by Crippen LogP contribution is 2.42. The van der Waals surface area contributed by atoms with E-state index in [4.69, 9.17) is 0 Å². The van der Waals surface area contributed by atoms with Crippen molar-refractivity contribution in [2.45, 2.75) is 45.3 Å². The molecule has 72 heavy (non-hydrogen) atoms. The molecule has 28 heteroatoms. The van der Waals surface area contributed by atoms with Crippen molar-refractivity contribution in [3.8, 4) is 23.0 Å². The van der Waals surface area contributed by atoms with Crippen LogP contribution in [-0.4, -0.2) is 217 Å². The van der Waals surface area contributed by atoms with Crippen LogP contribution in [0.2, 0.25) is 0 Å². The summed E-state index contributed by atoms with van der Waals surface area (Å²) in [5.41, 5.74) is -2.58. The number of aliphatic hydroxyl groups is 8. The second kappa shape index (κ2) is 24.6. The third kappa shape index (κ3) is 12.5. The monoisotopic (exact) mass is 1090 g/mol. The maximum atomic E-state index is 14.3. The molecule has 8 bridgehead atoms. The molecule has 0 saturated heterocycles. The van der Waals surface area contributed by atoms with E-state index in [1.165, 1.54) is 0 Å². The van der Waals surface area contributed by atoms with Crippen molar-refractivity contribution >= 4 is 40.1 Å². The van der Waals surface area contributed by atoms with Gasteiger partial charge in [-0.25, -0.2) is 33.7 Å². The van der Waals surface area contributed by atoms with E-state index in [1.807, 2.05) is 0 Å². The SMILES string of the molecule is O=S(=O)(c1cc2c(O)c(c1)Cc1cc(S(=O)(=O)N(CCO)CCO)cc(c1O)Cc1cc(S(=O)(=O)N(CCO)CCO)cc(c1O)Cc1cc(S(=O)(=O)N(CCO)CCO)cc(c1O)C2)N(CCO)CCO. The van der Waals surface area contributed by atoms with Crippen LogP contribution in [0.3, 0.4) is 0 Å². The Morgan fingerprint density at radius 2 is 0.403 bits per heavy atom. The molecule has 12 N–H and O–H groups in total. The molecule has 0 radical (unpaired) electrons. The average molecular weight is 1090 g/mol. The molecule has 0 saturated carbocycles. The Kier molecular flexibility index (Phi) is 19.9. The lowest BCUT2D eigenvalue weighted by Gasteiger charge is -2.24. The van der Waals surface area contributed by atoms with E-state index in [0.717, 1.165) is 65.8 Å². The number of sulfonamides is 4. The number of fused-ring (bicyclic) bond motifs is 8. The summed E-state index contributed by atoms with van der Waals surface area (Å²) in [5.74, 6) is -2.79. The quantitative estimate of drug-likeness (QED) is 0.0295. The average Bonchev–Trinajstić information content (AvgIpc) is 3.32. The second-order valence-electron chi connectivity index (χ2n) is 16.5. The fourth-order valence-corrected chi connectivity index (χ4v) is 14.4. The van der Waals surface area contributed by atoms with Gasteiger partial charge in [-0.15, -0.1) is 0 Å². The molecule has 4 aromatic rings. The van der Waals surface area contributed by atoms with Crippen LogP contribution in [-0.2, 0) is 65.8 Å². The van der Waals surface area contributed by atoms with Gasteiger partial charge >= 0.3 is 0 Å². The van der Waals surface area contributed by atoms with Crippen molar-refractivity contribution in [1.29, 1.82) is 0 Å². The fraction of sp³-hybridized carbons (Fsp3) is 0.455. The number of aromatic hydroxyl groups is 4. The van der Waals surface area contributed by atoms with Gasteiger partial charge in [-0.1, -0.05) is 0 Å². The maximum Gasteiger partial charge on any atom is 0.243 e. The van der Waals surface area contributed by atoms with E-state index in [-0.39, 0.29) is 44.5 Å². The van der Waals surface area contributed by atoms with Crippen molar-refractivity contribution < 1.29 is 94.9 Å². The van der Waals surface area contributed by atoms with Crippen LogP contribution >= 0.6 is 0 Å². The van der Waals surface area contributed by atoms with E-state index in [2.05, 4.69) is 0 Å². The van der Waals surface area contributed by atoms with Crippen LogP contribution in [0.5, 0.6) is 23.0 Å². The van der Waals surface area contributed by atoms with Crippen LogP contribution in [0.15, 0.2) is 68.1 Å². The molecule has 0 aromatic heterocycles. The van der Waals surface area contributed by atoms with Gasteiger partial charge < -0.3 is 61.3 Å². The number of benzene rings is 4. The lowest BCUT2D eigenvalue weighted by molar-refractivity contribution is 0.217. The molecule has 5 rings (SSSR count). The highest BCUT2D eigenvalue weighted by Gasteiger charge is 2.33. The predicted octanol–water partition coefficient (Wildman–Crippen LogP) is -2.91. The van der Waals surface area contributed by atoms with Crippen molar-refractivity contribution in [2.75, 3.05) is 105 Å². The molecule has 400 valence electrons. The first-order chi connectivity index (χ1) is 34.0. The topological polar surface area (TPSA) is 392 Å². The first kappa shape index (κ1) is 58.3. The van der Waals surface area contributed by atoms with Crippen LogP contribution in [0.25, 0.3) is 0 Å². The fourth-order valence-electron chi connectivity index (χ4n) is 8.30. The zero-order valence-electron chi connectivity index (χ0n) is 38.8. The number of phenolic OH excluding ortho intramolecular Hbond substituents is 4. The van der Waals surface area contributed by atoms with Gasteiger partial charge in [0.05, 0.1) is 72.4 Å². The van der Waals surface area contributed by atoms with Crippen molar-refractivity contribution in [2.24, 2.45) is 0 Å². The zero-order chi connectivity index (χ0) is 53.3. The molecule has 1 aliphatic rings. The van der Waals surface area contributed by atoms with Gasteiger partial charge in [-0.3, -0.25) is 0 Å². The minimum absolute atomic E-state index is 0.323. The summed E-state index contributed by atoms with van der Waals surface area (Å²) in [6.45, 7) is -9.74. The lowest BCUT2D eigenvalue weighted by atomic mass is 9.91. The Hall–Kier alpha value is -4.60. The molecule has 0 unspecified atom stereocenters. The molecule has 24 nitrogen and oxygen atoms in total. The summed E-state index contributed by atoms with van der Waals surface area (Å²) in [7, 11) is -18.9. The van der Waals surface area contributed by atoms with Gasteiger partial charge in [0.2, 0.25) is 40.1 Å². The Morgan fingerprint density at radius 3 is 0.514 bits per heavy atom. The van der Waals surface area contributed by atoms with E-state index in [9.17, 15) is 94.9 Å². The van der Waals surface area contributed by atoms with Gasteiger partial charge in [0.25, 0.3) is 0 Å². The maximum absolute atomic E-state index is 14.3. The molecular formula is C44H60N4O20S4. The van der Waals surface area contributed by atoms with Crippen LogP contribution in [0, 0.1) is 0 Å². The van der Waals surface area contributed by atoms with Crippen LogP contribution in [0.4, 0.5) is 0 Å². The number of phenols is 4. The minimum Gasteiger partial charge on any atom is -0.507 e. The Bertz CT molecular complexity index is 2510. The lowest BCUT2D eigenvalue weighted by Crippen LogP contribution is -2.36. The first-order valence-electron chi connectivity index (χ1n) is 22.3. The Labute approximate surface area is 417 Å². The van der Waals surface area contributed by atoms with Gasteiger partial charge in [0, 0.05) is 123 Å². The van der Waals surface area contributed by atoms with E-state index >= 15 is 0 Å². The number of hydrogen-bond acceptors (Lipinski definition) is 20. The van der Waals surface area contributed by atoms with Gasteiger partial charge in [-0.2, -0.15) is 17.2 Å². The predicted molar refractivity (Wildman–Crippen MR) is 255 cm³/mol. The van der Waals surface area contributed by atoms with Gasteiger partial charge in [-0.05, 0) is 48.5 Å². The van der Waals surface area contributed by atoms with Gasteiger partial charge in [0.15, 0.2) is 0 Å². The molecule has 1 aliphatic carbocycles. The molecule has 0 aliphatic heterocycles. The summed E-state index contributed by atoms with van der Waals surface area (Å²) in [5, 5.41) is 127. The normalized spacial score (nSPS) is 13.7. The molecule has 0 amide bonds. The highest BCUT2D eigenvalue weighted by atomic mass is 32.2. The highest BCUT2D eigenvalue weighted by molar-refractivity contribution is 7.90. The number of hydrogen-bond donors (Lipinski definition) is 12. The second-order valence-corrected chi connectivity index (χ2v) is 24.2. The molecule has 0 spiro atoms. The summed E-state index contributed by atoms with van der Waals surface area (Å²) < 4.78 is 117. The van der Waals surface area contributed by atoms with Crippen LogP contribution < -0.4 is 0 Å². The number of rotatable bonds is 24. The minimum atomic E-state index is -4.72. The summed E-state index contributed by atoms with van der Waals surface area (Å²) in [6.07, 6.45) is -2.85. The molecule has 4 aromatic carbocycles. The third-order valence-corrected chi connectivity index (χ3v) is 19.3. The van der Waals surface area contributed by atoms with Crippen LogP contribution in [0.1, 0.15) is 44.5 Å². The van der Waals surface area contributed by atoms with Crippen molar-refractivity contribution in [1.82, 2.24) is 17.2 Å². The molecule has 0 atom stereocenters. The Balaban J connectivity index is 1.99. The Morgan fingerprint density at radius 1 is 0.278 bits per heavy atom. The van der Waals surface area contributed by atoms with E-state index in [1.54, 1.807) is 0 Å². The smallest absolute Gasteiger partial charge is 0.243 e. The van der Waals surface area contributed by atoms with Crippen molar-refractivity contribution in [3.05, 3.63) is 93.0 Å². The summed E-state index contributed by atoms with van der Waals surface area (Å²) in [6, 6.07) is 7.73. The molecule has 0 fully saturated rings.